The molecule has 5 nitrogen and oxygen atoms in total. The summed E-state index contributed by atoms with van der Waals surface area (Å²) in [4.78, 5) is 12.8. The van der Waals surface area contributed by atoms with Gasteiger partial charge in [-0.25, -0.2) is 0 Å². The molecule has 0 aliphatic heterocycles. The predicted octanol–water partition coefficient (Wildman–Crippen LogP) is 6.29. The van der Waals surface area contributed by atoms with Crippen molar-refractivity contribution in [3.8, 4) is 22.6 Å². The van der Waals surface area contributed by atoms with E-state index in [1.165, 1.54) is 11.8 Å². The lowest BCUT2D eigenvalue weighted by Gasteiger charge is -2.14. The number of rotatable bonds is 6. The fourth-order valence-corrected chi connectivity index (χ4v) is 3.81. The smallest absolute Gasteiger partial charge is 0.277 e. The number of nitrogens with one attached hydrogen (secondary N) is 1. The second-order valence-corrected chi connectivity index (χ2v) is 8.75. The first-order valence-corrected chi connectivity index (χ1v) is 11.0. The summed E-state index contributed by atoms with van der Waals surface area (Å²) in [6, 6.07) is 25.3. The number of thioether (sulfide) groups is 1. The van der Waals surface area contributed by atoms with Gasteiger partial charge in [-0.3, -0.25) is 4.79 Å². The number of para-hydroxylation sites is 1. The monoisotopic (exact) mass is 479 g/mol. The van der Waals surface area contributed by atoms with Gasteiger partial charge in [-0.1, -0.05) is 76.2 Å². The van der Waals surface area contributed by atoms with E-state index in [-0.39, 0.29) is 5.91 Å². The predicted molar refractivity (Wildman–Crippen MR) is 123 cm³/mol. The highest BCUT2D eigenvalue weighted by molar-refractivity contribution is 9.10. The van der Waals surface area contributed by atoms with Crippen LogP contribution in [-0.4, -0.2) is 21.4 Å². The van der Waals surface area contributed by atoms with Crippen molar-refractivity contribution >= 4 is 39.3 Å². The molecule has 0 saturated heterocycles. The van der Waals surface area contributed by atoms with E-state index in [0.717, 1.165) is 26.9 Å². The number of hydrogen-bond acceptors (Lipinski definition) is 5. The third-order valence-corrected chi connectivity index (χ3v) is 5.88. The van der Waals surface area contributed by atoms with Gasteiger partial charge in [0.15, 0.2) is 0 Å². The molecular weight excluding hydrogens is 462 g/mol. The number of halogens is 1. The summed E-state index contributed by atoms with van der Waals surface area (Å²) in [7, 11) is 0. The van der Waals surface area contributed by atoms with Gasteiger partial charge >= 0.3 is 0 Å². The Kier molecular flexibility index (Phi) is 6.30. The third-order valence-electron chi connectivity index (χ3n) is 4.41. The van der Waals surface area contributed by atoms with Crippen molar-refractivity contribution in [2.75, 3.05) is 5.32 Å². The first-order chi connectivity index (χ1) is 14.6. The molecule has 4 aromatic rings. The van der Waals surface area contributed by atoms with Gasteiger partial charge in [0.25, 0.3) is 5.22 Å². The summed E-state index contributed by atoms with van der Waals surface area (Å²) in [6.07, 6.45) is 0. The van der Waals surface area contributed by atoms with Crippen LogP contribution >= 0.6 is 27.7 Å². The molecule has 1 amide bonds. The van der Waals surface area contributed by atoms with Crippen LogP contribution in [0.4, 0.5) is 5.69 Å². The molecule has 7 heteroatoms. The number of amides is 1. The zero-order valence-electron chi connectivity index (χ0n) is 16.1. The fourth-order valence-electron chi connectivity index (χ4n) is 2.87. The minimum Gasteiger partial charge on any atom is -0.411 e. The summed E-state index contributed by atoms with van der Waals surface area (Å²) in [6.45, 7) is 1.81. The van der Waals surface area contributed by atoms with Crippen LogP contribution in [0.2, 0.25) is 0 Å². The average Bonchev–Trinajstić information content (AvgIpc) is 3.23. The lowest BCUT2D eigenvalue weighted by Crippen LogP contribution is -2.22. The Labute approximate surface area is 187 Å². The summed E-state index contributed by atoms with van der Waals surface area (Å²) < 4.78 is 6.69. The van der Waals surface area contributed by atoms with E-state index < -0.39 is 5.25 Å². The van der Waals surface area contributed by atoms with E-state index in [1.54, 1.807) is 0 Å². The number of anilines is 1. The molecule has 0 radical (unpaired) electrons. The summed E-state index contributed by atoms with van der Waals surface area (Å²) in [5.74, 6) is 0.291. The minimum absolute atomic E-state index is 0.133. The van der Waals surface area contributed by atoms with Crippen LogP contribution in [-0.2, 0) is 4.79 Å². The van der Waals surface area contributed by atoms with Crippen LogP contribution in [0.3, 0.4) is 0 Å². The summed E-state index contributed by atoms with van der Waals surface area (Å²) in [5, 5.41) is 11.1. The SMILES string of the molecule is C[C@@H](Sc1nnc(-c2ccc(Br)cc2)o1)C(=O)Nc1ccccc1-c1ccccc1. The molecule has 0 bridgehead atoms. The summed E-state index contributed by atoms with van der Waals surface area (Å²) in [5.41, 5.74) is 3.61. The first-order valence-electron chi connectivity index (χ1n) is 9.31. The zero-order chi connectivity index (χ0) is 20.9. The maximum Gasteiger partial charge on any atom is 0.277 e. The highest BCUT2D eigenvalue weighted by Crippen LogP contribution is 2.30. The van der Waals surface area contributed by atoms with E-state index in [9.17, 15) is 4.79 Å². The minimum atomic E-state index is -0.410. The molecule has 30 heavy (non-hydrogen) atoms. The molecule has 150 valence electrons. The van der Waals surface area contributed by atoms with Crippen LogP contribution < -0.4 is 5.32 Å². The first kappa shape index (κ1) is 20.4. The lowest BCUT2D eigenvalue weighted by molar-refractivity contribution is -0.115. The van der Waals surface area contributed by atoms with Gasteiger partial charge in [0, 0.05) is 21.3 Å². The maximum atomic E-state index is 12.8. The molecule has 0 unspecified atom stereocenters. The molecule has 1 aromatic heterocycles. The van der Waals surface area contributed by atoms with E-state index in [0.29, 0.717) is 11.1 Å². The average molecular weight is 480 g/mol. The molecule has 1 N–H and O–H groups in total. The number of aromatic nitrogens is 2. The van der Waals surface area contributed by atoms with Gasteiger partial charge in [-0.05, 0) is 42.8 Å². The van der Waals surface area contributed by atoms with Crippen LogP contribution in [0, 0.1) is 0 Å². The number of carbonyl (C=O) groups excluding carboxylic acids is 1. The molecule has 0 spiro atoms. The topological polar surface area (TPSA) is 68.0 Å². The van der Waals surface area contributed by atoms with E-state index >= 15 is 0 Å². The highest BCUT2D eigenvalue weighted by atomic mass is 79.9. The molecule has 0 saturated carbocycles. The Hall–Kier alpha value is -2.90. The van der Waals surface area contributed by atoms with E-state index in [4.69, 9.17) is 4.42 Å². The Morgan fingerprint density at radius 2 is 1.63 bits per heavy atom. The molecule has 1 heterocycles. The van der Waals surface area contributed by atoms with Gasteiger partial charge in [-0.15, -0.1) is 10.2 Å². The van der Waals surface area contributed by atoms with Crippen molar-refractivity contribution < 1.29 is 9.21 Å². The van der Waals surface area contributed by atoms with Crippen LogP contribution in [0.15, 0.2) is 93.0 Å². The lowest BCUT2D eigenvalue weighted by atomic mass is 10.0. The largest absolute Gasteiger partial charge is 0.411 e. The number of carbonyl (C=O) groups is 1. The van der Waals surface area contributed by atoms with Crippen molar-refractivity contribution in [2.24, 2.45) is 0 Å². The van der Waals surface area contributed by atoms with Crippen LogP contribution in [0.1, 0.15) is 6.92 Å². The van der Waals surface area contributed by atoms with Gasteiger partial charge < -0.3 is 9.73 Å². The molecular formula is C23H18BrN3O2S. The molecule has 1 atom stereocenters. The van der Waals surface area contributed by atoms with Crippen molar-refractivity contribution in [3.05, 3.63) is 83.3 Å². The third kappa shape index (κ3) is 4.80. The number of hydrogen-bond donors (Lipinski definition) is 1. The molecule has 0 aliphatic carbocycles. The highest BCUT2D eigenvalue weighted by Gasteiger charge is 2.20. The van der Waals surface area contributed by atoms with Gasteiger partial charge in [0.1, 0.15) is 0 Å². The van der Waals surface area contributed by atoms with E-state index in [1.807, 2.05) is 85.8 Å². The van der Waals surface area contributed by atoms with Crippen LogP contribution in [0.5, 0.6) is 0 Å². The molecule has 3 aromatic carbocycles. The molecule has 4 rings (SSSR count). The van der Waals surface area contributed by atoms with Crippen LogP contribution in [0.25, 0.3) is 22.6 Å². The summed E-state index contributed by atoms with van der Waals surface area (Å²) >= 11 is 4.63. The Morgan fingerprint density at radius 1 is 0.933 bits per heavy atom. The number of benzene rings is 3. The zero-order valence-corrected chi connectivity index (χ0v) is 18.5. The Bertz CT molecular complexity index is 1150. The normalized spacial score (nSPS) is 11.8. The number of nitrogens with zero attached hydrogens (tertiary/aromatic N) is 2. The van der Waals surface area contributed by atoms with E-state index in [2.05, 4.69) is 31.4 Å². The quantitative estimate of drug-likeness (QED) is 0.329. The molecule has 0 aliphatic rings. The van der Waals surface area contributed by atoms with Crippen molar-refractivity contribution in [1.82, 2.24) is 10.2 Å². The van der Waals surface area contributed by atoms with Gasteiger partial charge in [-0.2, -0.15) is 0 Å². The van der Waals surface area contributed by atoms with Gasteiger partial charge in [0.05, 0.1) is 5.25 Å². The second-order valence-electron chi connectivity index (χ2n) is 6.54. The van der Waals surface area contributed by atoms with Gasteiger partial charge in [0.2, 0.25) is 11.8 Å². The van der Waals surface area contributed by atoms with Crippen molar-refractivity contribution in [1.29, 1.82) is 0 Å². The molecule has 0 fully saturated rings. The fraction of sp³-hybridized carbons (Fsp3) is 0.0870. The van der Waals surface area contributed by atoms with Crippen molar-refractivity contribution in [3.63, 3.8) is 0 Å². The maximum absolute atomic E-state index is 12.8. The Balaban J connectivity index is 1.45. The Morgan fingerprint density at radius 3 is 2.40 bits per heavy atom. The van der Waals surface area contributed by atoms with Crippen molar-refractivity contribution in [2.45, 2.75) is 17.4 Å². The second kappa shape index (κ2) is 9.28. The standard InChI is InChI=1S/C23H18BrN3O2S/c1-15(30-23-27-26-22(29-23)17-11-13-18(24)14-12-17)21(28)25-20-10-6-5-9-19(20)16-7-3-2-4-8-16/h2-15H,1H3,(H,25,28)/t15-/m1/s1.